The van der Waals surface area contributed by atoms with E-state index < -0.39 is 6.29 Å². The zero-order valence-corrected chi connectivity index (χ0v) is 15.5. The first kappa shape index (κ1) is 19.4. The van der Waals surface area contributed by atoms with Gasteiger partial charge in [0.2, 0.25) is 0 Å². The number of hydrogen-bond donors (Lipinski definition) is 1. The molecule has 1 aliphatic carbocycles. The van der Waals surface area contributed by atoms with E-state index in [4.69, 9.17) is 4.74 Å². The summed E-state index contributed by atoms with van der Waals surface area (Å²) in [5.74, 6) is 0.988. The first-order valence-electron chi connectivity index (χ1n) is 8.85. The molecular weight excluding hydrogens is 272 g/mol. The second kappa shape index (κ2) is 8.88. The van der Waals surface area contributed by atoms with Crippen LogP contribution in [0.1, 0.15) is 80.1 Å². The van der Waals surface area contributed by atoms with Crippen LogP contribution in [-0.2, 0) is 4.74 Å². The van der Waals surface area contributed by atoms with Crippen LogP contribution in [0.25, 0.3) is 0 Å². The van der Waals surface area contributed by atoms with Gasteiger partial charge in [0, 0.05) is 6.42 Å². The Morgan fingerprint density at radius 2 is 2.14 bits per heavy atom. The highest BCUT2D eigenvalue weighted by Crippen LogP contribution is 2.35. The highest BCUT2D eigenvalue weighted by atomic mass is 16.6. The van der Waals surface area contributed by atoms with Gasteiger partial charge in [-0.15, -0.1) is 0 Å². The summed E-state index contributed by atoms with van der Waals surface area (Å²) in [6, 6.07) is 0. The minimum Gasteiger partial charge on any atom is -0.368 e. The fraction of sp³-hybridized carbons (Fsp3) is 0.800. The van der Waals surface area contributed by atoms with Gasteiger partial charge in [0.05, 0.1) is 5.60 Å². The third-order valence-corrected chi connectivity index (χ3v) is 4.88. The Bertz CT molecular complexity index is 389. The molecule has 0 spiro atoms. The molecule has 0 amide bonds. The number of aliphatic hydroxyl groups excluding tert-OH is 1. The lowest BCUT2D eigenvalue weighted by atomic mass is 9.79. The van der Waals surface area contributed by atoms with Crippen molar-refractivity contribution in [1.82, 2.24) is 0 Å². The van der Waals surface area contributed by atoms with Crippen molar-refractivity contribution in [3.05, 3.63) is 23.3 Å². The third kappa shape index (κ3) is 7.11. The second-order valence-electron chi connectivity index (χ2n) is 7.90. The van der Waals surface area contributed by atoms with E-state index in [2.05, 4.69) is 53.7 Å². The van der Waals surface area contributed by atoms with Crippen molar-refractivity contribution in [2.75, 3.05) is 0 Å². The van der Waals surface area contributed by atoms with Gasteiger partial charge in [0.1, 0.15) is 0 Å². The molecule has 0 fully saturated rings. The Labute approximate surface area is 137 Å². The first-order valence-corrected chi connectivity index (χ1v) is 8.85. The van der Waals surface area contributed by atoms with E-state index in [-0.39, 0.29) is 5.60 Å². The summed E-state index contributed by atoms with van der Waals surface area (Å²) in [4.78, 5) is 0. The zero-order valence-electron chi connectivity index (χ0n) is 15.5. The van der Waals surface area contributed by atoms with Gasteiger partial charge in [-0.1, -0.05) is 30.2 Å². The molecule has 2 heteroatoms. The Hall–Kier alpha value is -0.600. The van der Waals surface area contributed by atoms with Crippen molar-refractivity contribution in [2.24, 2.45) is 11.8 Å². The maximum Gasteiger partial charge on any atom is 0.155 e. The molecule has 0 bridgehead atoms. The van der Waals surface area contributed by atoms with Crippen LogP contribution in [-0.4, -0.2) is 17.0 Å². The van der Waals surface area contributed by atoms with Crippen LogP contribution in [0, 0.1) is 11.8 Å². The summed E-state index contributed by atoms with van der Waals surface area (Å²) in [6.45, 7) is 12.9. The van der Waals surface area contributed by atoms with E-state index in [0.29, 0.717) is 11.8 Å². The molecule has 0 aromatic rings. The van der Waals surface area contributed by atoms with Crippen LogP contribution >= 0.6 is 0 Å². The van der Waals surface area contributed by atoms with Crippen LogP contribution in [0.3, 0.4) is 0 Å². The standard InChI is InChI=1S/C20H36O2/c1-15(2)8-7-9-17(4)14-19(21)22-20(5,6)18-12-10-16(3)11-13-18/h8,10,17-19,21H,7,9,11-14H2,1-6H3/t17-,18-,19?/m0/s1. The molecule has 1 unspecified atom stereocenters. The van der Waals surface area contributed by atoms with Gasteiger partial charge in [-0.05, 0) is 78.6 Å². The summed E-state index contributed by atoms with van der Waals surface area (Å²) in [6.07, 6.45) is 10.3. The molecule has 22 heavy (non-hydrogen) atoms. The minimum absolute atomic E-state index is 0.254. The molecule has 0 saturated heterocycles. The molecule has 1 N–H and O–H groups in total. The molecule has 128 valence electrons. The fourth-order valence-corrected chi connectivity index (χ4v) is 3.21. The van der Waals surface area contributed by atoms with E-state index in [0.717, 1.165) is 38.5 Å². The summed E-state index contributed by atoms with van der Waals surface area (Å²) >= 11 is 0. The predicted molar refractivity (Wildman–Crippen MR) is 94.7 cm³/mol. The maximum absolute atomic E-state index is 10.3. The van der Waals surface area contributed by atoms with E-state index in [9.17, 15) is 5.11 Å². The second-order valence-corrected chi connectivity index (χ2v) is 7.90. The number of allylic oxidation sites excluding steroid dienone is 4. The molecule has 1 aliphatic rings. The minimum atomic E-state index is -0.649. The van der Waals surface area contributed by atoms with Gasteiger partial charge in [0.25, 0.3) is 0 Å². The van der Waals surface area contributed by atoms with E-state index in [1.807, 2.05) is 0 Å². The van der Waals surface area contributed by atoms with Crippen LogP contribution < -0.4 is 0 Å². The fourth-order valence-electron chi connectivity index (χ4n) is 3.21. The number of hydrogen-bond acceptors (Lipinski definition) is 2. The molecule has 0 saturated carbocycles. The van der Waals surface area contributed by atoms with Crippen LogP contribution in [0.15, 0.2) is 23.3 Å². The lowest BCUT2D eigenvalue weighted by Gasteiger charge is -2.38. The quantitative estimate of drug-likeness (QED) is 0.466. The monoisotopic (exact) mass is 308 g/mol. The molecule has 2 nitrogen and oxygen atoms in total. The van der Waals surface area contributed by atoms with Crippen molar-refractivity contribution < 1.29 is 9.84 Å². The molecule has 0 aromatic carbocycles. The normalized spacial score (nSPS) is 22.0. The van der Waals surface area contributed by atoms with Crippen molar-refractivity contribution in [1.29, 1.82) is 0 Å². The molecule has 1 rings (SSSR count). The Morgan fingerprint density at radius 1 is 1.45 bits per heavy atom. The van der Waals surface area contributed by atoms with E-state index in [1.165, 1.54) is 11.1 Å². The number of ether oxygens (including phenoxy) is 1. The molecule has 0 heterocycles. The summed E-state index contributed by atoms with van der Waals surface area (Å²) in [5, 5.41) is 10.3. The zero-order chi connectivity index (χ0) is 16.8. The number of rotatable bonds is 8. The van der Waals surface area contributed by atoms with Crippen LogP contribution in [0.2, 0.25) is 0 Å². The Balaban J connectivity index is 2.39. The maximum atomic E-state index is 10.3. The summed E-state index contributed by atoms with van der Waals surface area (Å²) < 4.78 is 6.02. The third-order valence-electron chi connectivity index (χ3n) is 4.88. The predicted octanol–water partition coefficient (Wildman–Crippen LogP) is 5.62. The molecule has 3 atom stereocenters. The molecule has 0 aromatic heterocycles. The van der Waals surface area contributed by atoms with E-state index >= 15 is 0 Å². The molecule has 0 aliphatic heterocycles. The van der Waals surface area contributed by atoms with Crippen molar-refractivity contribution in [3.8, 4) is 0 Å². The lowest BCUT2D eigenvalue weighted by molar-refractivity contribution is -0.199. The average Bonchev–Trinajstić information content (AvgIpc) is 2.37. The first-order chi connectivity index (χ1) is 10.2. The van der Waals surface area contributed by atoms with Crippen molar-refractivity contribution in [3.63, 3.8) is 0 Å². The molecule has 0 radical (unpaired) electrons. The van der Waals surface area contributed by atoms with E-state index in [1.54, 1.807) is 0 Å². The topological polar surface area (TPSA) is 29.5 Å². The number of aliphatic hydroxyl groups is 1. The van der Waals surface area contributed by atoms with Crippen LogP contribution in [0.5, 0.6) is 0 Å². The smallest absolute Gasteiger partial charge is 0.155 e. The van der Waals surface area contributed by atoms with Crippen molar-refractivity contribution in [2.45, 2.75) is 92.0 Å². The summed E-state index contributed by atoms with van der Waals surface area (Å²) in [7, 11) is 0. The largest absolute Gasteiger partial charge is 0.368 e. The van der Waals surface area contributed by atoms with Gasteiger partial charge in [-0.3, -0.25) is 0 Å². The summed E-state index contributed by atoms with van der Waals surface area (Å²) in [5.41, 5.74) is 2.60. The average molecular weight is 309 g/mol. The van der Waals surface area contributed by atoms with Gasteiger partial charge in [0.15, 0.2) is 6.29 Å². The lowest BCUT2D eigenvalue weighted by Crippen LogP contribution is -2.39. The van der Waals surface area contributed by atoms with Crippen molar-refractivity contribution >= 4 is 0 Å². The van der Waals surface area contributed by atoms with Gasteiger partial charge in [-0.2, -0.15) is 0 Å². The highest BCUT2D eigenvalue weighted by molar-refractivity contribution is 5.05. The Morgan fingerprint density at radius 3 is 2.68 bits per heavy atom. The highest BCUT2D eigenvalue weighted by Gasteiger charge is 2.33. The molecular formula is C20H36O2. The van der Waals surface area contributed by atoms with Crippen LogP contribution in [0.4, 0.5) is 0 Å². The SMILES string of the molecule is CC(C)=CCC[C@H](C)CC(O)OC(C)(C)[C@H]1CC=C(C)CC1. The Kier molecular flexibility index (Phi) is 7.85. The van der Waals surface area contributed by atoms with Gasteiger partial charge < -0.3 is 9.84 Å². The van der Waals surface area contributed by atoms with Gasteiger partial charge in [-0.25, -0.2) is 0 Å². The van der Waals surface area contributed by atoms with Gasteiger partial charge >= 0.3 is 0 Å².